The van der Waals surface area contributed by atoms with Gasteiger partial charge >= 0.3 is 0 Å². The van der Waals surface area contributed by atoms with Crippen LogP contribution in [-0.4, -0.2) is 18.8 Å². The molecule has 100 valence electrons. The molecule has 0 saturated heterocycles. The Balaban J connectivity index is 2.42. The summed E-state index contributed by atoms with van der Waals surface area (Å²) in [6.45, 7) is 0.0695. The fourth-order valence-electron chi connectivity index (χ4n) is 2.28. The van der Waals surface area contributed by atoms with Crippen molar-refractivity contribution >= 4 is 0 Å². The number of hydrogen-bond donors (Lipinski definition) is 1. The summed E-state index contributed by atoms with van der Waals surface area (Å²) in [5.74, 6) is 0.526. The molecule has 2 aromatic carbocycles. The first-order valence-corrected chi connectivity index (χ1v) is 6.25. The van der Waals surface area contributed by atoms with Crippen LogP contribution in [-0.2, 0) is 0 Å². The van der Waals surface area contributed by atoms with Crippen molar-refractivity contribution in [2.24, 2.45) is 0 Å². The summed E-state index contributed by atoms with van der Waals surface area (Å²) in [4.78, 5) is 0. The molecule has 0 aliphatic carbocycles. The van der Waals surface area contributed by atoms with Gasteiger partial charge in [-0.3, -0.25) is 0 Å². The number of hydrogen-bond acceptors (Lipinski definition) is 2. The summed E-state index contributed by atoms with van der Waals surface area (Å²) in [6.07, 6.45) is 0.575. The molecule has 2 nitrogen and oxygen atoms in total. The third kappa shape index (κ3) is 3.12. The topological polar surface area (TPSA) is 29.5 Å². The smallest absolute Gasteiger partial charge is 0.123 e. The zero-order valence-electron chi connectivity index (χ0n) is 10.8. The standard InChI is InChI=1S/C16H17FO2/c1-19-16-5-3-2-4-15(16)14(10-11-18)12-6-8-13(17)9-7-12/h2-9,14,18H,10-11H2,1H3. The maximum atomic E-state index is 13.0. The Labute approximate surface area is 112 Å². The molecule has 19 heavy (non-hydrogen) atoms. The van der Waals surface area contributed by atoms with E-state index in [1.807, 2.05) is 24.3 Å². The van der Waals surface area contributed by atoms with Crippen LogP contribution in [0.4, 0.5) is 4.39 Å². The Kier molecular flexibility index (Phi) is 4.53. The highest BCUT2D eigenvalue weighted by Gasteiger charge is 2.17. The van der Waals surface area contributed by atoms with E-state index in [9.17, 15) is 9.50 Å². The Morgan fingerprint density at radius 3 is 2.42 bits per heavy atom. The highest BCUT2D eigenvalue weighted by atomic mass is 19.1. The van der Waals surface area contributed by atoms with Crippen LogP contribution in [0, 0.1) is 5.82 Å². The molecule has 1 unspecified atom stereocenters. The van der Waals surface area contributed by atoms with Crippen LogP contribution >= 0.6 is 0 Å². The third-order valence-corrected chi connectivity index (χ3v) is 3.20. The second kappa shape index (κ2) is 6.34. The number of halogens is 1. The van der Waals surface area contributed by atoms with Crippen LogP contribution in [0.5, 0.6) is 5.75 Å². The second-order valence-electron chi connectivity index (χ2n) is 4.36. The van der Waals surface area contributed by atoms with Crippen molar-refractivity contribution in [2.45, 2.75) is 12.3 Å². The molecule has 0 bridgehead atoms. The molecular formula is C16H17FO2. The molecule has 0 spiro atoms. The number of aliphatic hydroxyl groups is 1. The minimum atomic E-state index is -0.258. The summed E-state index contributed by atoms with van der Waals surface area (Å²) in [6, 6.07) is 14.1. The van der Waals surface area contributed by atoms with Gasteiger partial charge in [0.2, 0.25) is 0 Å². The van der Waals surface area contributed by atoms with Gasteiger partial charge < -0.3 is 9.84 Å². The Morgan fingerprint density at radius 2 is 1.79 bits per heavy atom. The molecule has 0 fully saturated rings. The molecule has 2 rings (SSSR count). The zero-order chi connectivity index (χ0) is 13.7. The van der Waals surface area contributed by atoms with E-state index in [2.05, 4.69) is 0 Å². The highest BCUT2D eigenvalue weighted by molar-refractivity contribution is 5.42. The van der Waals surface area contributed by atoms with E-state index in [1.54, 1.807) is 19.2 Å². The van der Waals surface area contributed by atoms with Crippen LogP contribution in [0.3, 0.4) is 0 Å². The SMILES string of the molecule is COc1ccccc1C(CCO)c1ccc(F)cc1. The van der Waals surface area contributed by atoms with E-state index in [1.165, 1.54) is 12.1 Å². The van der Waals surface area contributed by atoms with Gasteiger partial charge in [-0.2, -0.15) is 0 Å². The maximum Gasteiger partial charge on any atom is 0.123 e. The predicted molar refractivity (Wildman–Crippen MR) is 72.9 cm³/mol. The fourth-order valence-corrected chi connectivity index (χ4v) is 2.28. The first-order valence-electron chi connectivity index (χ1n) is 6.25. The van der Waals surface area contributed by atoms with Crippen LogP contribution in [0.2, 0.25) is 0 Å². The van der Waals surface area contributed by atoms with Crippen molar-refractivity contribution < 1.29 is 14.2 Å². The molecule has 0 amide bonds. The maximum absolute atomic E-state index is 13.0. The monoisotopic (exact) mass is 260 g/mol. The van der Waals surface area contributed by atoms with E-state index < -0.39 is 0 Å². The van der Waals surface area contributed by atoms with Crippen LogP contribution in [0.1, 0.15) is 23.5 Å². The van der Waals surface area contributed by atoms with Gasteiger partial charge in [-0.15, -0.1) is 0 Å². The van der Waals surface area contributed by atoms with Crippen molar-refractivity contribution in [1.82, 2.24) is 0 Å². The molecule has 0 aliphatic heterocycles. The molecule has 0 heterocycles. The Bertz CT molecular complexity index is 523. The van der Waals surface area contributed by atoms with Crippen LogP contribution in [0.25, 0.3) is 0 Å². The number of rotatable bonds is 5. The number of methoxy groups -OCH3 is 1. The molecule has 0 aliphatic rings. The largest absolute Gasteiger partial charge is 0.496 e. The minimum Gasteiger partial charge on any atom is -0.496 e. The lowest BCUT2D eigenvalue weighted by molar-refractivity contribution is 0.280. The zero-order valence-corrected chi connectivity index (χ0v) is 10.8. The molecule has 0 aromatic heterocycles. The molecule has 3 heteroatoms. The molecule has 0 radical (unpaired) electrons. The third-order valence-electron chi connectivity index (χ3n) is 3.20. The van der Waals surface area contributed by atoms with Crippen molar-refractivity contribution in [3.05, 3.63) is 65.5 Å². The molecule has 1 atom stereocenters. The average molecular weight is 260 g/mol. The van der Waals surface area contributed by atoms with Crippen LogP contribution < -0.4 is 4.74 Å². The van der Waals surface area contributed by atoms with Crippen molar-refractivity contribution in [1.29, 1.82) is 0 Å². The lowest BCUT2D eigenvalue weighted by atomic mass is 9.88. The number of benzene rings is 2. The minimum absolute atomic E-state index is 0.00162. The summed E-state index contributed by atoms with van der Waals surface area (Å²) >= 11 is 0. The average Bonchev–Trinajstić information content (AvgIpc) is 2.46. The van der Waals surface area contributed by atoms with Crippen LogP contribution in [0.15, 0.2) is 48.5 Å². The first-order chi connectivity index (χ1) is 9.26. The summed E-state index contributed by atoms with van der Waals surface area (Å²) < 4.78 is 18.4. The quantitative estimate of drug-likeness (QED) is 0.893. The molecule has 0 saturated carbocycles. The number of aliphatic hydroxyl groups excluding tert-OH is 1. The highest BCUT2D eigenvalue weighted by Crippen LogP contribution is 2.34. The summed E-state index contributed by atoms with van der Waals surface area (Å²) in [5.41, 5.74) is 1.98. The van der Waals surface area contributed by atoms with E-state index >= 15 is 0 Å². The summed E-state index contributed by atoms with van der Waals surface area (Å²) in [5, 5.41) is 9.26. The summed E-state index contributed by atoms with van der Waals surface area (Å²) in [7, 11) is 1.62. The van der Waals surface area contributed by atoms with Gasteiger partial charge in [0.15, 0.2) is 0 Å². The van der Waals surface area contributed by atoms with E-state index in [0.717, 1.165) is 16.9 Å². The van der Waals surface area contributed by atoms with Gasteiger partial charge in [-0.25, -0.2) is 4.39 Å². The first kappa shape index (κ1) is 13.6. The lowest BCUT2D eigenvalue weighted by Crippen LogP contribution is -2.05. The predicted octanol–water partition coefficient (Wildman–Crippen LogP) is 3.35. The van der Waals surface area contributed by atoms with Crippen molar-refractivity contribution in [2.75, 3.05) is 13.7 Å². The molecular weight excluding hydrogens is 243 g/mol. The van der Waals surface area contributed by atoms with Gasteiger partial charge in [-0.1, -0.05) is 30.3 Å². The lowest BCUT2D eigenvalue weighted by Gasteiger charge is -2.19. The van der Waals surface area contributed by atoms with Gasteiger partial charge in [0.25, 0.3) is 0 Å². The Hall–Kier alpha value is -1.87. The van der Waals surface area contributed by atoms with Gasteiger partial charge in [0.1, 0.15) is 11.6 Å². The van der Waals surface area contributed by atoms with Crippen molar-refractivity contribution in [3.8, 4) is 5.75 Å². The molecule has 2 aromatic rings. The van der Waals surface area contributed by atoms with E-state index in [4.69, 9.17) is 4.74 Å². The van der Waals surface area contributed by atoms with Gasteiger partial charge in [-0.05, 0) is 30.2 Å². The van der Waals surface area contributed by atoms with Crippen molar-refractivity contribution in [3.63, 3.8) is 0 Å². The fraction of sp³-hybridized carbons (Fsp3) is 0.250. The van der Waals surface area contributed by atoms with E-state index in [-0.39, 0.29) is 18.3 Å². The normalized spacial score (nSPS) is 12.2. The number of ether oxygens (including phenoxy) is 1. The van der Waals surface area contributed by atoms with Gasteiger partial charge in [0, 0.05) is 18.1 Å². The Morgan fingerprint density at radius 1 is 1.11 bits per heavy atom. The number of para-hydroxylation sites is 1. The second-order valence-corrected chi connectivity index (χ2v) is 4.36. The van der Waals surface area contributed by atoms with Gasteiger partial charge in [0.05, 0.1) is 7.11 Å². The molecule has 1 N–H and O–H groups in total. The van der Waals surface area contributed by atoms with E-state index in [0.29, 0.717) is 6.42 Å².